The number of aromatic amines is 1. The predicted molar refractivity (Wildman–Crippen MR) is 102 cm³/mol. The second-order valence-corrected chi connectivity index (χ2v) is 6.92. The van der Waals surface area contributed by atoms with Crippen LogP contribution in [0.4, 0.5) is 10.1 Å². The third kappa shape index (κ3) is 3.81. The number of H-pyrrole nitrogens is 1. The molecular weight excluding hydrogens is 391 g/mol. The number of thioether (sulfide) groups is 1. The summed E-state index contributed by atoms with van der Waals surface area (Å²) >= 11 is 6.99. The van der Waals surface area contributed by atoms with Crippen LogP contribution in [0.2, 0.25) is 5.02 Å². The number of hydrogen-bond donors (Lipinski definition) is 2. The number of benzene rings is 2. The molecule has 0 fully saturated rings. The molecule has 6 nitrogen and oxygen atoms in total. The number of nitrogens with zero attached hydrogens (tertiary/aromatic N) is 2. The molecule has 2 aromatic heterocycles. The van der Waals surface area contributed by atoms with Crippen molar-refractivity contribution in [1.29, 1.82) is 0 Å². The van der Waals surface area contributed by atoms with Crippen LogP contribution in [0.3, 0.4) is 0 Å². The normalized spacial score (nSPS) is 11.0. The molecule has 0 aliphatic heterocycles. The molecule has 0 saturated heterocycles. The lowest BCUT2D eigenvalue weighted by molar-refractivity contribution is -0.113. The van der Waals surface area contributed by atoms with Crippen molar-refractivity contribution in [1.82, 2.24) is 15.2 Å². The molecule has 0 aliphatic carbocycles. The molecular formula is C18H12ClFN4O2S. The fraction of sp³-hybridized carbons (Fsp3) is 0.0556. The van der Waals surface area contributed by atoms with Crippen molar-refractivity contribution in [3.05, 3.63) is 59.5 Å². The second kappa shape index (κ2) is 7.42. The van der Waals surface area contributed by atoms with Gasteiger partial charge in [0.2, 0.25) is 5.91 Å². The number of amides is 1. The van der Waals surface area contributed by atoms with Crippen molar-refractivity contribution in [2.45, 2.75) is 5.22 Å². The summed E-state index contributed by atoms with van der Waals surface area (Å²) in [5.41, 5.74) is 2.11. The van der Waals surface area contributed by atoms with Crippen LogP contribution >= 0.6 is 23.4 Å². The van der Waals surface area contributed by atoms with E-state index >= 15 is 0 Å². The topological polar surface area (TPSA) is 83.8 Å². The van der Waals surface area contributed by atoms with Crippen molar-refractivity contribution < 1.29 is 13.6 Å². The largest absolute Gasteiger partial charge is 0.411 e. The van der Waals surface area contributed by atoms with Crippen LogP contribution in [-0.2, 0) is 4.79 Å². The Morgan fingerprint density at radius 2 is 2.11 bits per heavy atom. The molecule has 0 atom stereocenters. The van der Waals surface area contributed by atoms with Crippen LogP contribution in [-0.4, -0.2) is 26.8 Å². The van der Waals surface area contributed by atoms with Gasteiger partial charge in [-0.05, 0) is 24.3 Å². The second-order valence-electron chi connectivity index (χ2n) is 5.58. The number of anilines is 1. The van der Waals surface area contributed by atoms with E-state index in [1.54, 1.807) is 6.20 Å². The minimum Gasteiger partial charge on any atom is -0.411 e. The van der Waals surface area contributed by atoms with Crippen LogP contribution in [0.1, 0.15) is 0 Å². The summed E-state index contributed by atoms with van der Waals surface area (Å²) in [4.78, 5) is 15.2. The Labute approximate surface area is 162 Å². The highest BCUT2D eigenvalue weighted by Crippen LogP contribution is 2.29. The first-order valence-corrected chi connectivity index (χ1v) is 9.24. The molecule has 0 radical (unpaired) electrons. The molecule has 0 saturated carbocycles. The maximum atomic E-state index is 13.0. The number of rotatable bonds is 5. The summed E-state index contributed by atoms with van der Waals surface area (Å²) < 4.78 is 18.7. The van der Waals surface area contributed by atoms with Gasteiger partial charge in [0.25, 0.3) is 11.1 Å². The van der Waals surface area contributed by atoms with Gasteiger partial charge in [-0.15, -0.1) is 10.2 Å². The summed E-state index contributed by atoms with van der Waals surface area (Å²) in [6, 6.07) is 11.5. The molecule has 0 spiro atoms. The first-order chi connectivity index (χ1) is 13.1. The van der Waals surface area contributed by atoms with Crippen molar-refractivity contribution in [3.63, 3.8) is 0 Å². The zero-order chi connectivity index (χ0) is 18.8. The number of nitrogens with one attached hydrogen (secondary N) is 2. The number of fused-ring (bicyclic) bond motifs is 1. The van der Waals surface area contributed by atoms with Crippen molar-refractivity contribution >= 4 is 45.9 Å². The van der Waals surface area contributed by atoms with Gasteiger partial charge in [0, 0.05) is 17.1 Å². The summed E-state index contributed by atoms with van der Waals surface area (Å²) in [6.07, 6.45) is 1.80. The highest BCUT2D eigenvalue weighted by Gasteiger charge is 2.15. The van der Waals surface area contributed by atoms with Gasteiger partial charge in [0.15, 0.2) is 0 Å². The van der Waals surface area contributed by atoms with Crippen LogP contribution in [0.25, 0.3) is 22.4 Å². The van der Waals surface area contributed by atoms with E-state index in [2.05, 4.69) is 20.5 Å². The average Bonchev–Trinajstić information content (AvgIpc) is 3.29. The predicted octanol–water partition coefficient (Wildman–Crippen LogP) is 4.74. The van der Waals surface area contributed by atoms with Crippen molar-refractivity contribution in [2.24, 2.45) is 0 Å². The van der Waals surface area contributed by atoms with Gasteiger partial charge in [0.05, 0.1) is 22.0 Å². The Kier molecular flexibility index (Phi) is 4.83. The number of aromatic nitrogens is 3. The van der Waals surface area contributed by atoms with Gasteiger partial charge in [0.1, 0.15) is 5.82 Å². The number of hydrogen-bond acceptors (Lipinski definition) is 5. The highest BCUT2D eigenvalue weighted by molar-refractivity contribution is 7.99. The van der Waals surface area contributed by atoms with Crippen molar-refractivity contribution in [3.8, 4) is 11.5 Å². The van der Waals surface area contributed by atoms with E-state index in [4.69, 9.17) is 16.0 Å². The molecule has 4 rings (SSSR count). The molecule has 0 unspecified atom stereocenters. The minimum atomic E-state index is -0.469. The maximum Gasteiger partial charge on any atom is 0.277 e. The average molecular weight is 403 g/mol. The van der Waals surface area contributed by atoms with Gasteiger partial charge in [-0.3, -0.25) is 4.79 Å². The Morgan fingerprint density at radius 1 is 1.26 bits per heavy atom. The van der Waals surface area contributed by atoms with Gasteiger partial charge >= 0.3 is 0 Å². The van der Waals surface area contributed by atoms with E-state index in [0.29, 0.717) is 11.6 Å². The van der Waals surface area contributed by atoms with Gasteiger partial charge in [-0.1, -0.05) is 41.6 Å². The molecule has 0 bridgehead atoms. The fourth-order valence-electron chi connectivity index (χ4n) is 2.53. The number of carbonyl (C=O) groups is 1. The van der Waals surface area contributed by atoms with E-state index in [-0.39, 0.29) is 21.9 Å². The Hall–Kier alpha value is -2.84. The van der Waals surface area contributed by atoms with Crippen LogP contribution in [0, 0.1) is 5.82 Å². The molecule has 4 aromatic rings. The smallest absolute Gasteiger partial charge is 0.277 e. The molecule has 0 aliphatic rings. The van der Waals surface area contributed by atoms with Crippen LogP contribution in [0.15, 0.2) is 58.3 Å². The van der Waals surface area contributed by atoms with Crippen molar-refractivity contribution in [2.75, 3.05) is 11.1 Å². The van der Waals surface area contributed by atoms with Crippen LogP contribution < -0.4 is 5.32 Å². The molecule has 1 amide bonds. The van der Waals surface area contributed by atoms with Gasteiger partial charge < -0.3 is 14.7 Å². The Bertz CT molecular complexity index is 1130. The van der Waals surface area contributed by atoms with Crippen LogP contribution in [0.5, 0.6) is 0 Å². The SMILES string of the molecule is O=C(CSc1nnc(-c2c[nH]c3ccccc23)o1)Nc1ccc(F)cc1Cl. The third-order valence-electron chi connectivity index (χ3n) is 3.76. The van der Waals surface area contributed by atoms with E-state index < -0.39 is 5.82 Å². The summed E-state index contributed by atoms with van der Waals surface area (Å²) in [7, 11) is 0. The number of carbonyl (C=O) groups excluding carboxylic acids is 1. The summed E-state index contributed by atoms with van der Waals surface area (Å²) in [6.45, 7) is 0. The Morgan fingerprint density at radius 3 is 2.96 bits per heavy atom. The molecule has 2 N–H and O–H groups in total. The number of halogens is 2. The standard InChI is InChI=1S/C18H12ClFN4O2S/c19-13-7-10(20)5-6-15(13)22-16(25)9-27-18-24-23-17(26-18)12-8-21-14-4-2-1-3-11(12)14/h1-8,21H,9H2,(H,22,25). The summed E-state index contributed by atoms with van der Waals surface area (Å²) in [5.74, 6) is -0.371. The summed E-state index contributed by atoms with van der Waals surface area (Å²) in [5, 5.41) is 12.0. The van der Waals surface area contributed by atoms with Gasteiger partial charge in [-0.25, -0.2) is 4.39 Å². The molecule has 9 heteroatoms. The van der Waals surface area contributed by atoms with E-state index in [9.17, 15) is 9.18 Å². The molecule has 2 aromatic carbocycles. The highest BCUT2D eigenvalue weighted by atomic mass is 35.5. The first kappa shape index (κ1) is 17.6. The van der Waals surface area contributed by atoms with E-state index in [1.807, 2.05) is 24.3 Å². The Balaban J connectivity index is 1.41. The molecule has 27 heavy (non-hydrogen) atoms. The molecule has 136 valence electrons. The first-order valence-electron chi connectivity index (χ1n) is 7.88. The van der Waals surface area contributed by atoms with Gasteiger partial charge in [-0.2, -0.15) is 0 Å². The monoisotopic (exact) mass is 402 g/mol. The molecule has 2 heterocycles. The fourth-order valence-corrected chi connectivity index (χ4v) is 3.31. The zero-order valence-corrected chi connectivity index (χ0v) is 15.3. The van der Waals surface area contributed by atoms with E-state index in [1.165, 1.54) is 12.1 Å². The quantitative estimate of drug-likeness (QED) is 0.471. The lowest BCUT2D eigenvalue weighted by atomic mass is 10.2. The minimum absolute atomic E-state index is 0.0449. The third-order valence-corrected chi connectivity index (χ3v) is 4.89. The lowest BCUT2D eigenvalue weighted by Crippen LogP contribution is -2.14. The maximum absolute atomic E-state index is 13.0. The zero-order valence-electron chi connectivity index (χ0n) is 13.7. The van der Waals surface area contributed by atoms with E-state index in [0.717, 1.165) is 34.3 Å². The number of para-hydroxylation sites is 1. The lowest BCUT2D eigenvalue weighted by Gasteiger charge is -2.06.